The van der Waals surface area contributed by atoms with Crippen molar-refractivity contribution < 1.29 is 0 Å². The van der Waals surface area contributed by atoms with Crippen molar-refractivity contribution in [3.8, 4) is 0 Å². The molecule has 0 spiro atoms. The highest BCUT2D eigenvalue weighted by atomic mass is 14.8. The standard InChI is InChI=1S/C18H23N/c1-19-15-9-8-14-18(16-10-4-2-5-11-16)17-12-6-3-7-13-17/h2-7,10-13,18-19H,8-9,14-15H2,1H3. The van der Waals surface area contributed by atoms with E-state index in [4.69, 9.17) is 0 Å². The number of hydrogen-bond acceptors (Lipinski definition) is 1. The van der Waals surface area contributed by atoms with E-state index in [1.807, 2.05) is 7.05 Å². The first-order valence-electron chi connectivity index (χ1n) is 7.16. The first-order valence-corrected chi connectivity index (χ1v) is 7.16. The van der Waals surface area contributed by atoms with E-state index in [0.29, 0.717) is 5.92 Å². The lowest BCUT2D eigenvalue weighted by Gasteiger charge is -2.18. The van der Waals surface area contributed by atoms with Crippen LogP contribution in [0, 0.1) is 0 Å². The van der Waals surface area contributed by atoms with Crippen LogP contribution in [0.2, 0.25) is 0 Å². The zero-order valence-corrected chi connectivity index (χ0v) is 11.7. The molecule has 0 aliphatic heterocycles. The summed E-state index contributed by atoms with van der Waals surface area (Å²) in [6, 6.07) is 21.7. The van der Waals surface area contributed by atoms with Gasteiger partial charge < -0.3 is 5.32 Å². The minimum Gasteiger partial charge on any atom is -0.320 e. The summed E-state index contributed by atoms with van der Waals surface area (Å²) in [4.78, 5) is 0. The molecule has 2 rings (SSSR count). The Hall–Kier alpha value is -1.60. The van der Waals surface area contributed by atoms with Crippen molar-refractivity contribution in [3.05, 3.63) is 71.8 Å². The minimum absolute atomic E-state index is 0.527. The smallest absolute Gasteiger partial charge is 0.00893 e. The van der Waals surface area contributed by atoms with Gasteiger partial charge in [-0.25, -0.2) is 0 Å². The Kier molecular flexibility index (Phi) is 5.64. The molecule has 0 radical (unpaired) electrons. The average Bonchev–Trinajstić information content (AvgIpc) is 2.49. The quantitative estimate of drug-likeness (QED) is 0.729. The maximum atomic E-state index is 3.22. The van der Waals surface area contributed by atoms with E-state index >= 15 is 0 Å². The van der Waals surface area contributed by atoms with Crippen molar-refractivity contribution in [1.82, 2.24) is 5.32 Å². The van der Waals surface area contributed by atoms with Crippen LogP contribution in [0.4, 0.5) is 0 Å². The van der Waals surface area contributed by atoms with Crippen LogP contribution in [-0.4, -0.2) is 13.6 Å². The summed E-state index contributed by atoms with van der Waals surface area (Å²) in [5.74, 6) is 0.527. The van der Waals surface area contributed by atoms with Crippen LogP contribution in [0.25, 0.3) is 0 Å². The van der Waals surface area contributed by atoms with Gasteiger partial charge in [0.2, 0.25) is 0 Å². The number of unbranched alkanes of at least 4 members (excludes halogenated alkanes) is 1. The summed E-state index contributed by atoms with van der Waals surface area (Å²) in [6.07, 6.45) is 3.72. The molecule has 0 aromatic heterocycles. The molecule has 0 aliphatic carbocycles. The fourth-order valence-corrected chi connectivity index (χ4v) is 2.55. The monoisotopic (exact) mass is 253 g/mol. The van der Waals surface area contributed by atoms with E-state index in [-0.39, 0.29) is 0 Å². The van der Waals surface area contributed by atoms with Gasteiger partial charge in [0.1, 0.15) is 0 Å². The van der Waals surface area contributed by atoms with Gasteiger partial charge in [-0.3, -0.25) is 0 Å². The molecule has 0 unspecified atom stereocenters. The first kappa shape index (κ1) is 13.8. The maximum absolute atomic E-state index is 3.22. The van der Waals surface area contributed by atoms with Gasteiger partial charge in [-0.15, -0.1) is 0 Å². The van der Waals surface area contributed by atoms with E-state index in [9.17, 15) is 0 Å². The lowest BCUT2D eigenvalue weighted by Crippen LogP contribution is -2.08. The predicted molar refractivity (Wildman–Crippen MR) is 82.5 cm³/mol. The molecule has 0 bridgehead atoms. The normalized spacial score (nSPS) is 10.8. The first-order chi connectivity index (χ1) is 9.42. The molecule has 0 fully saturated rings. The van der Waals surface area contributed by atoms with Crippen molar-refractivity contribution in [1.29, 1.82) is 0 Å². The van der Waals surface area contributed by atoms with Crippen molar-refractivity contribution in [3.63, 3.8) is 0 Å². The fraction of sp³-hybridized carbons (Fsp3) is 0.333. The van der Waals surface area contributed by atoms with E-state index in [1.54, 1.807) is 0 Å². The van der Waals surface area contributed by atoms with Crippen molar-refractivity contribution in [2.45, 2.75) is 25.2 Å². The Morgan fingerprint density at radius 1 is 0.789 bits per heavy atom. The molecule has 1 N–H and O–H groups in total. The molecule has 0 atom stereocenters. The minimum atomic E-state index is 0.527. The van der Waals surface area contributed by atoms with Crippen molar-refractivity contribution in [2.75, 3.05) is 13.6 Å². The Morgan fingerprint density at radius 2 is 1.32 bits per heavy atom. The second-order valence-electron chi connectivity index (χ2n) is 4.97. The molecule has 1 nitrogen and oxygen atoms in total. The molecule has 2 aromatic carbocycles. The van der Waals surface area contributed by atoms with E-state index in [2.05, 4.69) is 66.0 Å². The molecule has 1 heteroatoms. The van der Waals surface area contributed by atoms with Crippen LogP contribution in [0.1, 0.15) is 36.3 Å². The van der Waals surface area contributed by atoms with Gasteiger partial charge in [0.15, 0.2) is 0 Å². The molecular weight excluding hydrogens is 230 g/mol. The van der Waals surface area contributed by atoms with Gasteiger partial charge in [-0.1, -0.05) is 67.1 Å². The molecule has 19 heavy (non-hydrogen) atoms. The van der Waals surface area contributed by atoms with E-state index < -0.39 is 0 Å². The maximum Gasteiger partial charge on any atom is 0.00893 e. The third-order valence-electron chi connectivity index (χ3n) is 3.57. The van der Waals surface area contributed by atoms with Crippen LogP contribution < -0.4 is 5.32 Å². The zero-order valence-electron chi connectivity index (χ0n) is 11.7. The Balaban J connectivity index is 2.10. The van der Waals surface area contributed by atoms with Gasteiger partial charge in [-0.05, 0) is 37.6 Å². The van der Waals surface area contributed by atoms with E-state index in [0.717, 1.165) is 6.54 Å². The Bertz CT molecular complexity index is 410. The number of hydrogen-bond donors (Lipinski definition) is 1. The molecule has 2 aromatic rings. The highest BCUT2D eigenvalue weighted by molar-refractivity contribution is 5.32. The summed E-state index contributed by atoms with van der Waals surface area (Å²) in [6.45, 7) is 1.11. The Morgan fingerprint density at radius 3 is 1.79 bits per heavy atom. The van der Waals surface area contributed by atoms with Gasteiger partial charge in [0.25, 0.3) is 0 Å². The SMILES string of the molecule is CNCCCCC(c1ccccc1)c1ccccc1. The second kappa shape index (κ2) is 7.75. The van der Waals surface area contributed by atoms with Crippen LogP contribution in [0.15, 0.2) is 60.7 Å². The average molecular weight is 253 g/mol. The molecule has 0 aliphatic rings. The topological polar surface area (TPSA) is 12.0 Å². The predicted octanol–water partition coefficient (Wildman–Crippen LogP) is 4.21. The lowest BCUT2D eigenvalue weighted by atomic mass is 9.87. The summed E-state index contributed by atoms with van der Waals surface area (Å²) >= 11 is 0. The van der Waals surface area contributed by atoms with Crippen LogP contribution >= 0.6 is 0 Å². The summed E-state index contributed by atoms with van der Waals surface area (Å²) in [7, 11) is 2.02. The number of rotatable bonds is 7. The molecule has 0 saturated carbocycles. The van der Waals surface area contributed by atoms with Gasteiger partial charge in [0, 0.05) is 5.92 Å². The molecule has 100 valence electrons. The Labute approximate surface area is 116 Å². The zero-order chi connectivity index (χ0) is 13.3. The molecule has 0 saturated heterocycles. The molecule has 0 heterocycles. The number of nitrogens with one attached hydrogen (secondary N) is 1. The van der Waals surface area contributed by atoms with Crippen LogP contribution in [-0.2, 0) is 0 Å². The highest BCUT2D eigenvalue weighted by Gasteiger charge is 2.12. The second-order valence-corrected chi connectivity index (χ2v) is 4.97. The van der Waals surface area contributed by atoms with Crippen molar-refractivity contribution in [2.24, 2.45) is 0 Å². The number of benzene rings is 2. The van der Waals surface area contributed by atoms with Crippen molar-refractivity contribution >= 4 is 0 Å². The third-order valence-corrected chi connectivity index (χ3v) is 3.57. The molecular formula is C18H23N. The largest absolute Gasteiger partial charge is 0.320 e. The summed E-state index contributed by atoms with van der Waals surface area (Å²) in [5, 5.41) is 3.22. The van der Waals surface area contributed by atoms with Gasteiger partial charge in [-0.2, -0.15) is 0 Å². The summed E-state index contributed by atoms with van der Waals surface area (Å²) < 4.78 is 0. The lowest BCUT2D eigenvalue weighted by molar-refractivity contribution is 0.605. The van der Waals surface area contributed by atoms with E-state index in [1.165, 1.54) is 30.4 Å². The van der Waals surface area contributed by atoms with Crippen LogP contribution in [0.3, 0.4) is 0 Å². The highest BCUT2D eigenvalue weighted by Crippen LogP contribution is 2.29. The summed E-state index contributed by atoms with van der Waals surface area (Å²) in [5.41, 5.74) is 2.86. The van der Waals surface area contributed by atoms with Gasteiger partial charge >= 0.3 is 0 Å². The van der Waals surface area contributed by atoms with Crippen LogP contribution in [0.5, 0.6) is 0 Å². The molecule has 0 amide bonds. The third kappa shape index (κ3) is 4.22. The van der Waals surface area contributed by atoms with Gasteiger partial charge in [0.05, 0.1) is 0 Å². The fourth-order valence-electron chi connectivity index (χ4n) is 2.55.